The van der Waals surface area contributed by atoms with Gasteiger partial charge in [0.2, 0.25) is 0 Å². The predicted molar refractivity (Wildman–Crippen MR) is 75.8 cm³/mol. The van der Waals surface area contributed by atoms with Crippen LogP contribution in [0.5, 0.6) is 0 Å². The van der Waals surface area contributed by atoms with Crippen LogP contribution in [0, 0.1) is 5.82 Å². The summed E-state index contributed by atoms with van der Waals surface area (Å²) in [4.78, 5) is 11.9. The second-order valence-corrected chi connectivity index (χ2v) is 5.22. The quantitative estimate of drug-likeness (QED) is 0.653. The third-order valence-corrected chi connectivity index (χ3v) is 3.41. The van der Waals surface area contributed by atoms with Crippen LogP contribution in [0.1, 0.15) is 21.5 Å². The minimum absolute atomic E-state index is 0.295. The van der Waals surface area contributed by atoms with E-state index in [0.29, 0.717) is 12.1 Å². The Kier molecular flexibility index (Phi) is 4.99. The van der Waals surface area contributed by atoms with Gasteiger partial charge in [-0.15, -0.1) is 0 Å². The number of carbonyl (C=O) groups is 1. The lowest BCUT2D eigenvalue weighted by Gasteiger charge is -2.14. The zero-order valence-corrected chi connectivity index (χ0v) is 12.7. The van der Waals surface area contributed by atoms with Gasteiger partial charge in [0.05, 0.1) is 16.3 Å². The van der Waals surface area contributed by atoms with E-state index < -0.39 is 45.9 Å². The van der Waals surface area contributed by atoms with E-state index in [9.17, 15) is 35.5 Å². The van der Waals surface area contributed by atoms with E-state index in [1.165, 1.54) is 0 Å². The highest BCUT2D eigenvalue weighted by molar-refractivity contribution is 6.31. The van der Waals surface area contributed by atoms with E-state index >= 15 is 0 Å². The molecule has 0 aliphatic carbocycles. The number of rotatable bonds is 2. The second-order valence-electron chi connectivity index (χ2n) is 4.81. The Morgan fingerprint density at radius 3 is 1.92 bits per heavy atom. The molecule has 0 bridgehead atoms. The highest BCUT2D eigenvalue weighted by Crippen LogP contribution is 2.39. The average Bonchev–Trinajstić information content (AvgIpc) is 2.48. The number of anilines is 1. The first-order valence-electron chi connectivity index (χ1n) is 6.45. The third-order valence-electron chi connectivity index (χ3n) is 3.10. The number of nitrogens with one attached hydrogen (secondary N) is 1. The maximum Gasteiger partial charge on any atom is 0.420 e. The molecular formula is C15H7ClF7NO. The van der Waals surface area contributed by atoms with Gasteiger partial charge in [-0.05, 0) is 36.4 Å². The zero-order valence-electron chi connectivity index (χ0n) is 11.9. The first-order valence-corrected chi connectivity index (χ1v) is 6.83. The molecule has 2 aromatic rings. The summed E-state index contributed by atoms with van der Waals surface area (Å²) < 4.78 is 89.6. The molecule has 0 radical (unpaired) electrons. The summed E-state index contributed by atoms with van der Waals surface area (Å²) in [6.07, 6.45) is -9.70. The first-order chi connectivity index (χ1) is 11.4. The Morgan fingerprint density at radius 1 is 0.880 bits per heavy atom. The summed E-state index contributed by atoms with van der Waals surface area (Å²) in [7, 11) is 0. The van der Waals surface area contributed by atoms with Gasteiger partial charge in [-0.25, -0.2) is 4.39 Å². The highest BCUT2D eigenvalue weighted by Gasteiger charge is 2.38. The molecule has 134 valence electrons. The van der Waals surface area contributed by atoms with Crippen molar-refractivity contribution in [1.29, 1.82) is 0 Å². The molecule has 2 aromatic carbocycles. The molecule has 0 saturated heterocycles. The topological polar surface area (TPSA) is 29.1 Å². The molecule has 2 rings (SSSR count). The summed E-state index contributed by atoms with van der Waals surface area (Å²) in [6.45, 7) is 0. The van der Waals surface area contributed by atoms with Gasteiger partial charge in [-0.2, -0.15) is 26.3 Å². The molecule has 25 heavy (non-hydrogen) atoms. The Morgan fingerprint density at radius 2 is 1.44 bits per heavy atom. The normalized spacial score (nSPS) is 12.2. The average molecular weight is 386 g/mol. The molecule has 0 aliphatic heterocycles. The van der Waals surface area contributed by atoms with Crippen LogP contribution >= 0.6 is 11.6 Å². The largest absolute Gasteiger partial charge is 0.420 e. The van der Waals surface area contributed by atoms with Crippen molar-refractivity contribution in [3.05, 3.63) is 63.9 Å². The monoisotopic (exact) mass is 385 g/mol. The van der Waals surface area contributed by atoms with E-state index in [2.05, 4.69) is 0 Å². The van der Waals surface area contributed by atoms with Gasteiger partial charge in [0.25, 0.3) is 5.91 Å². The SMILES string of the molecule is O=C(Nc1ccc(Cl)c(C(F)(F)F)c1F)c1ccc(C(F)(F)F)cc1. The fraction of sp³-hybridized carbons (Fsp3) is 0.133. The summed E-state index contributed by atoms with van der Waals surface area (Å²) in [6, 6.07) is 4.43. The van der Waals surface area contributed by atoms with Crippen LogP contribution < -0.4 is 5.32 Å². The van der Waals surface area contributed by atoms with Crippen molar-refractivity contribution in [3.8, 4) is 0 Å². The first kappa shape index (κ1) is 19.0. The van der Waals surface area contributed by atoms with Gasteiger partial charge in [0, 0.05) is 5.56 Å². The lowest BCUT2D eigenvalue weighted by molar-refractivity contribution is -0.140. The molecule has 0 spiro atoms. The summed E-state index contributed by atoms with van der Waals surface area (Å²) >= 11 is 5.32. The van der Waals surface area contributed by atoms with Crippen molar-refractivity contribution in [3.63, 3.8) is 0 Å². The smallest absolute Gasteiger partial charge is 0.319 e. The summed E-state index contributed by atoms with van der Waals surface area (Å²) in [5.41, 5.74) is -3.86. The molecule has 0 saturated carbocycles. The number of halogens is 8. The maximum absolute atomic E-state index is 14.0. The number of amides is 1. The van der Waals surface area contributed by atoms with Crippen molar-refractivity contribution < 1.29 is 35.5 Å². The molecule has 0 heterocycles. The molecule has 1 amide bonds. The van der Waals surface area contributed by atoms with E-state index in [1.807, 2.05) is 5.32 Å². The Labute approximate surface area is 141 Å². The van der Waals surface area contributed by atoms with Crippen LogP contribution in [0.15, 0.2) is 36.4 Å². The van der Waals surface area contributed by atoms with Gasteiger partial charge in [0.1, 0.15) is 5.56 Å². The van der Waals surface area contributed by atoms with E-state index in [0.717, 1.165) is 24.3 Å². The second kappa shape index (κ2) is 6.55. The number of hydrogen-bond acceptors (Lipinski definition) is 1. The molecule has 0 aromatic heterocycles. The number of benzene rings is 2. The maximum atomic E-state index is 14.0. The van der Waals surface area contributed by atoms with Gasteiger partial charge in [-0.1, -0.05) is 11.6 Å². The van der Waals surface area contributed by atoms with Crippen LogP contribution in [0.3, 0.4) is 0 Å². The van der Waals surface area contributed by atoms with Crippen molar-refractivity contribution in [1.82, 2.24) is 0 Å². The Bertz CT molecular complexity index is 797. The minimum atomic E-state index is -5.09. The van der Waals surface area contributed by atoms with Crippen LogP contribution in [0.2, 0.25) is 5.02 Å². The van der Waals surface area contributed by atoms with Crippen LogP contribution in [0.25, 0.3) is 0 Å². The zero-order chi connectivity index (χ0) is 19.0. The van der Waals surface area contributed by atoms with Crippen molar-refractivity contribution in [2.24, 2.45) is 0 Å². The molecule has 0 aliphatic rings. The van der Waals surface area contributed by atoms with Gasteiger partial charge in [-0.3, -0.25) is 4.79 Å². The van der Waals surface area contributed by atoms with Gasteiger partial charge < -0.3 is 5.32 Å². The van der Waals surface area contributed by atoms with Gasteiger partial charge >= 0.3 is 12.4 Å². The number of alkyl halides is 6. The lowest BCUT2D eigenvalue weighted by Crippen LogP contribution is -2.16. The highest BCUT2D eigenvalue weighted by atomic mass is 35.5. The fourth-order valence-electron chi connectivity index (χ4n) is 1.91. The molecule has 0 unspecified atom stereocenters. The van der Waals surface area contributed by atoms with Crippen molar-refractivity contribution in [2.75, 3.05) is 5.32 Å². The minimum Gasteiger partial charge on any atom is -0.319 e. The van der Waals surface area contributed by atoms with Gasteiger partial charge in [0.15, 0.2) is 5.82 Å². The Balaban J connectivity index is 2.30. The molecule has 1 N–H and O–H groups in total. The lowest BCUT2D eigenvalue weighted by atomic mass is 10.1. The third kappa shape index (κ3) is 4.22. The summed E-state index contributed by atoms with van der Waals surface area (Å²) in [5.74, 6) is -2.87. The Hall–Kier alpha value is -2.29. The molecule has 0 atom stereocenters. The van der Waals surface area contributed by atoms with Crippen molar-refractivity contribution >= 4 is 23.2 Å². The van der Waals surface area contributed by atoms with Crippen LogP contribution in [0.4, 0.5) is 36.4 Å². The van der Waals surface area contributed by atoms with Crippen LogP contribution in [-0.4, -0.2) is 5.91 Å². The van der Waals surface area contributed by atoms with Crippen LogP contribution in [-0.2, 0) is 12.4 Å². The van der Waals surface area contributed by atoms with Crippen molar-refractivity contribution in [2.45, 2.75) is 12.4 Å². The summed E-state index contributed by atoms with van der Waals surface area (Å²) in [5, 5.41) is 0.979. The van der Waals surface area contributed by atoms with E-state index in [4.69, 9.17) is 11.6 Å². The standard InChI is InChI=1S/C15H7ClF7NO/c16-9-5-6-10(12(17)11(9)15(21,22)23)24-13(25)7-1-3-8(4-2-7)14(18,19)20/h1-6H,(H,24,25). The molecule has 0 fully saturated rings. The number of hydrogen-bond donors (Lipinski definition) is 1. The molecule has 2 nitrogen and oxygen atoms in total. The fourth-order valence-corrected chi connectivity index (χ4v) is 2.17. The van der Waals surface area contributed by atoms with E-state index in [1.54, 1.807) is 0 Å². The predicted octanol–water partition coefficient (Wildman–Crippen LogP) is 5.77. The molecular weight excluding hydrogens is 379 g/mol. The number of carbonyl (C=O) groups excluding carboxylic acids is 1. The molecule has 10 heteroatoms. The van der Waals surface area contributed by atoms with E-state index in [-0.39, 0.29) is 5.56 Å².